The summed E-state index contributed by atoms with van der Waals surface area (Å²) >= 11 is 0. The van der Waals surface area contributed by atoms with Crippen molar-refractivity contribution in [2.24, 2.45) is 0 Å². The molecule has 2 aromatic heterocycles. The summed E-state index contributed by atoms with van der Waals surface area (Å²) in [5, 5.41) is 1.08. The van der Waals surface area contributed by atoms with E-state index < -0.39 is 5.60 Å². The van der Waals surface area contributed by atoms with E-state index in [2.05, 4.69) is 49.7 Å². The largest absolute Gasteiger partial charge is 0.483 e. The molecule has 2 saturated heterocycles. The summed E-state index contributed by atoms with van der Waals surface area (Å²) in [5.41, 5.74) is 9.80. The van der Waals surface area contributed by atoms with Crippen LogP contribution in [0.25, 0.3) is 21.9 Å². The minimum atomic E-state index is -0.589. The van der Waals surface area contributed by atoms with E-state index in [0.717, 1.165) is 118 Å². The maximum Gasteiger partial charge on any atom is 0.202 e. The number of ether oxygens (including phenoxy) is 5. The van der Waals surface area contributed by atoms with Crippen molar-refractivity contribution >= 4 is 27.8 Å². The van der Waals surface area contributed by atoms with Gasteiger partial charge in [0.25, 0.3) is 0 Å². The zero-order valence-electron chi connectivity index (χ0n) is 29.0. The quantitative estimate of drug-likeness (QED) is 0.151. The lowest BCUT2D eigenvalue weighted by Crippen LogP contribution is -2.55. The van der Waals surface area contributed by atoms with Gasteiger partial charge in [-0.3, -0.25) is 9.80 Å². The number of nitrogens with two attached hydrogens (primary N) is 1. The third kappa shape index (κ3) is 8.45. The number of rotatable bonds is 17. The summed E-state index contributed by atoms with van der Waals surface area (Å²) in [6.07, 6.45) is 3.34. The Hall–Kier alpha value is -3.32. The second kappa shape index (κ2) is 15.9. The molecular weight excluding hydrogens is 608 g/mol. The van der Waals surface area contributed by atoms with Gasteiger partial charge >= 0.3 is 0 Å². The Kier molecular flexibility index (Phi) is 11.5. The molecule has 2 aromatic carbocycles. The van der Waals surface area contributed by atoms with Crippen molar-refractivity contribution < 1.29 is 23.7 Å². The van der Waals surface area contributed by atoms with Crippen LogP contribution in [0.15, 0.2) is 48.5 Å². The number of fused-ring (bicyclic) bond motifs is 3. The lowest BCUT2D eigenvalue weighted by Gasteiger charge is -2.43. The summed E-state index contributed by atoms with van der Waals surface area (Å²) in [5.74, 6) is 2.30. The minimum absolute atomic E-state index is 0.186. The topological polar surface area (TPSA) is 109 Å². The van der Waals surface area contributed by atoms with Gasteiger partial charge in [0.1, 0.15) is 17.1 Å². The van der Waals surface area contributed by atoms with Gasteiger partial charge in [0.15, 0.2) is 17.7 Å². The average molecular weight is 661 g/mol. The van der Waals surface area contributed by atoms with Gasteiger partial charge in [-0.05, 0) is 83.4 Å². The molecule has 0 bridgehead atoms. The molecular formula is C37H52N6O5. The van der Waals surface area contributed by atoms with Crippen molar-refractivity contribution in [3.63, 3.8) is 0 Å². The van der Waals surface area contributed by atoms with Gasteiger partial charge in [0, 0.05) is 45.1 Å². The van der Waals surface area contributed by atoms with E-state index in [1.807, 2.05) is 39.0 Å². The second-order valence-electron chi connectivity index (χ2n) is 13.4. The number of benzene rings is 2. The van der Waals surface area contributed by atoms with E-state index in [1.54, 1.807) is 7.11 Å². The average Bonchev–Trinajstić information content (AvgIpc) is 3.43. The summed E-state index contributed by atoms with van der Waals surface area (Å²) in [7, 11) is 1.73. The van der Waals surface area contributed by atoms with Crippen LogP contribution in [-0.2, 0) is 38.5 Å². The molecule has 0 radical (unpaired) electrons. The van der Waals surface area contributed by atoms with Crippen LogP contribution in [0.1, 0.15) is 51.4 Å². The fourth-order valence-electron chi connectivity index (χ4n) is 6.75. The van der Waals surface area contributed by atoms with Gasteiger partial charge in [-0.2, -0.15) is 0 Å². The zero-order chi connectivity index (χ0) is 33.5. The molecule has 4 heterocycles. The first-order chi connectivity index (χ1) is 23.3. The molecule has 2 aliphatic rings. The van der Waals surface area contributed by atoms with Crippen molar-refractivity contribution in [2.75, 3.05) is 65.4 Å². The highest BCUT2D eigenvalue weighted by molar-refractivity contribution is 6.06. The number of para-hydroxylation sites is 1. The Bertz CT molecular complexity index is 1630. The first-order valence-corrected chi connectivity index (χ1v) is 17.4. The fourth-order valence-corrected chi connectivity index (χ4v) is 6.75. The number of methoxy groups -OCH3 is 1. The summed E-state index contributed by atoms with van der Waals surface area (Å²) in [4.78, 5) is 14.7. The molecule has 2 N–H and O–H groups in total. The van der Waals surface area contributed by atoms with E-state index in [1.165, 1.54) is 5.56 Å². The number of anilines is 1. The minimum Gasteiger partial charge on any atom is -0.483 e. The Balaban J connectivity index is 1.13. The van der Waals surface area contributed by atoms with Crippen molar-refractivity contribution in [3.8, 4) is 5.75 Å². The molecule has 0 spiro atoms. The summed E-state index contributed by atoms with van der Waals surface area (Å²) in [6, 6.07) is 16.6. The van der Waals surface area contributed by atoms with Crippen molar-refractivity contribution in [2.45, 2.75) is 77.7 Å². The van der Waals surface area contributed by atoms with Gasteiger partial charge in [-0.15, -0.1) is 0 Å². The predicted octanol–water partition coefficient (Wildman–Crippen LogP) is 5.24. The van der Waals surface area contributed by atoms with Crippen LogP contribution in [0.5, 0.6) is 5.75 Å². The molecule has 0 amide bonds. The van der Waals surface area contributed by atoms with Crippen molar-refractivity contribution in [1.29, 1.82) is 0 Å². The Morgan fingerprint density at radius 1 is 0.979 bits per heavy atom. The number of unbranched alkanes of at least 4 members (excludes halogenated alkanes) is 1. The maximum atomic E-state index is 6.42. The second-order valence-corrected chi connectivity index (χ2v) is 13.4. The van der Waals surface area contributed by atoms with E-state index >= 15 is 0 Å². The summed E-state index contributed by atoms with van der Waals surface area (Å²) in [6.45, 7) is 15.0. The van der Waals surface area contributed by atoms with E-state index in [0.29, 0.717) is 12.4 Å². The molecule has 11 heteroatoms. The lowest BCUT2D eigenvalue weighted by atomic mass is 10.1. The molecule has 11 nitrogen and oxygen atoms in total. The first-order valence-electron chi connectivity index (χ1n) is 17.4. The highest BCUT2D eigenvalue weighted by atomic mass is 16.9. The molecule has 4 aromatic rings. The number of hydrogen-bond donors (Lipinski definition) is 1. The van der Waals surface area contributed by atoms with Crippen LogP contribution in [0.2, 0.25) is 0 Å². The zero-order valence-corrected chi connectivity index (χ0v) is 29.0. The molecule has 6 rings (SSSR count). The smallest absolute Gasteiger partial charge is 0.202 e. The van der Waals surface area contributed by atoms with E-state index in [-0.39, 0.29) is 12.6 Å². The normalized spacial score (nSPS) is 18.9. The molecule has 0 atom stereocenters. The number of nitrogen functional groups attached to an aromatic ring is 1. The van der Waals surface area contributed by atoms with Crippen LogP contribution >= 0.6 is 0 Å². The number of imidazole rings is 1. The molecule has 2 aliphatic heterocycles. The summed E-state index contributed by atoms with van der Waals surface area (Å²) < 4.78 is 31.2. The van der Waals surface area contributed by atoms with Gasteiger partial charge in [0.05, 0.1) is 30.9 Å². The molecule has 0 saturated carbocycles. The Morgan fingerprint density at radius 2 is 1.77 bits per heavy atom. The molecule has 0 unspecified atom stereocenters. The van der Waals surface area contributed by atoms with Crippen LogP contribution in [0, 0.1) is 0 Å². The van der Waals surface area contributed by atoms with Gasteiger partial charge < -0.3 is 34.0 Å². The van der Waals surface area contributed by atoms with Crippen LogP contribution in [0.4, 0.5) is 5.82 Å². The predicted molar refractivity (Wildman–Crippen MR) is 188 cm³/mol. The van der Waals surface area contributed by atoms with Crippen LogP contribution in [0.3, 0.4) is 0 Å². The number of nitrogens with zero attached hydrogens (tertiary/aromatic N) is 5. The number of aryl methyl sites for hydroxylation is 1. The number of aromatic nitrogens is 3. The van der Waals surface area contributed by atoms with Gasteiger partial charge in [0.2, 0.25) is 6.29 Å². The number of morpholine rings is 1. The fraction of sp³-hybridized carbons (Fsp3) is 0.568. The van der Waals surface area contributed by atoms with E-state index in [9.17, 15) is 0 Å². The molecule has 0 aliphatic carbocycles. The molecule has 260 valence electrons. The SMILES string of the molecule is COCCc1nc2c(N)nc3ccccc3c2n1CCCCN(CCCN1CCOCC1)Cc1cccc(OC(C)(C)C2OC(C)O2)c1. The monoisotopic (exact) mass is 660 g/mol. The Morgan fingerprint density at radius 3 is 2.56 bits per heavy atom. The van der Waals surface area contributed by atoms with Gasteiger partial charge in [-0.25, -0.2) is 9.97 Å². The third-order valence-electron chi connectivity index (χ3n) is 9.26. The highest BCUT2D eigenvalue weighted by Gasteiger charge is 2.42. The number of pyridine rings is 1. The first kappa shape index (κ1) is 34.5. The molecule has 2 fully saturated rings. The van der Waals surface area contributed by atoms with E-state index in [4.69, 9.17) is 34.4 Å². The Labute approximate surface area is 284 Å². The number of hydrogen-bond acceptors (Lipinski definition) is 10. The van der Waals surface area contributed by atoms with Gasteiger partial charge in [-0.1, -0.05) is 30.3 Å². The van der Waals surface area contributed by atoms with Crippen LogP contribution < -0.4 is 10.5 Å². The molecule has 48 heavy (non-hydrogen) atoms. The third-order valence-corrected chi connectivity index (χ3v) is 9.26. The lowest BCUT2D eigenvalue weighted by molar-refractivity contribution is -0.410. The van der Waals surface area contributed by atoms with Crippen molar-refractivity contribution in [3.05, 3.63) is 59.9 Å². The maximum absolute atomic E-state index is 6.42. The standard InChI is InChI=1S/C37H52N6O5/c1-27-46-36(47-27)37(2,3)48-29-12-9-11-28(25-29)26-42(18-10-17-41-20-23-45-24-21-41)16-7-8-19-43-32(15-22-44-4)40-33-34(43)30-13-5-6-14-31(30)39-35(33)38/h5-6,9,11-14,25,27,36H,7-8,10,15-24,26H2,1-4H3,(H2,38,39). The highest BCUT2D eigenvalue weighted by Crippen LogP contribution is 2.32. The van der Waals surface area contributed by atoms with Crippen LogP contribution in [-0.4, -0.2) is 102 Å². The van der Waals surface area contributed by atoms with Crippen molar-refractivity contribution in [1.82, 2.24) is 24.3 Å².